The molecule has 7 nitrogen and oxygen atoms in total. The van der Waals surface area contributed by atoms with Gasteiger partial charge in [0.2, 0.25) is 0 Å². The first-order valence-electron chi connectivity index (χ1n) is 8.93. The summed E-state index contributed by atoms with van der Waals surface area (Å²) < 4.78 is 0. The number of rotatable bonds is 8. The molecule has 6 N–H and O–H groups in total. The van der Waals surface area contributed by atoms with Gasteiger partial charge in [0.1, 0.15) is 6.04 Å². The van der Waals surface area contributed by atoms with E-state index >= 15 is 0 Å². The molecule has 0 unspecified atom stereocenters. The summed E-state index contributed by atoms with van der Waals surface area (Å²) >= 11 is 1.29. The minimum absolute atomic E-state index is 0.271. The second kappa shape index (κ2) is 12.3. The van der Waals surface area contributed by atoms with E-state index in [0.717, 1.165) is 5.56 Å². The Morgan fingerprint density at radius 3 is 2.21 bits per heavy atom. The van der Waals surface area contributed by atoms with Crippen LogP contribution in [0.15, 0.2) is 47.8 Å². The summed E-state index contributed by atoms with van der Waals surface area (Å²) in [7, 11) is -1.37. The molecule has 2 rings (SSSR count). The second-order valence-corrected chi connectivity index (χ2v) is 7.69. The lowest BCUT2D eigenvalue weighted by molar-refractivity contribution is -0.139. The lowest BCUT2D eigenvalue weighted by Crippen LogP contribution is -2.42. The number of hydrogen-bond acceptors (Lipinski definition) is 6. The van der Waals surface area contributed by atoms with Gasteiger partial charge in [0, 0.05) is 12.4 Å². The number of nitrogens with one attached hydrogen (secondary N) is 1. The number of thiophene rings is 1. The molecule has 1 heterocycles. The first kappa shape index (κ1) is 23.8. The molecule has 0 spiro atoms. The van der Waals surface area contributed by atoms with Crippen LogP contribution >= 0.6 is 11.3 Å². The molecule has 0 saturated heterocycles. The van der Waals surface area contributed by atoms with E-state index < -0.39 is 25.1 Å². The SMILES string of the molecule is CC(C)C[C@H](N)B(O)O.O=C(N[C@@H](Cc1ccccc1)C(=O)O)c1cccs1. The van der Waals surface area contributed by atoms with Crippen molar-refractivity contribution in [3.63, 3.8) is 0 Å². The van der Waals surface area contributed by atoms with Crippen LogP contribution in [0.3, 0.4) is 0 Å². The number of benzene rings is 1. The average molecular weight is 406 g/mol. The number of amides is 1. The molecule has 1 aromatic carbocycles. The largest absolute Gasteiger partial charge is 0.480 e. The number of hydrogen-bond donors (Lipinski definition) is 5. The van der Waals surface area contributed by atoms with Crippen molar-refractivity contribution in [1.82, 2.24) is 5.32 Å². The first-order chi connectivity index (χ1) is 13.2. The second-order valence-electron chi connectivity index (χ2n) is 6.74. The van der Waals surface area contributed by atoms with Crippen molar-refractivity contribution in [2.24, 2.45) is 11.7 Å². The third kappa shape index (κ3) is 9.14. The third-order valence-electron chi connectivity index (χ3n) is 3.76. The van der Waals surface area contributed by atoms with Crippen LogP contribution in [0.5, 0.6) is 0 Å². The zero-order valence-corrected chi connectivity index (χ0v) is 16.8. The molecule has 28 heavy (non-hydrogen) atoms. The highest BCUT2D eigenvalue weighted by Crippen LogP contribution is 2.10. The molecule has 152 valence electrons. The van der Waals surface area contributed by atoms with E-state index in [-0.39, 0.29) is 12.3 Å². The van der Waals surface area contributed by atoms with E-state index in [2.05, 4.69) is 5.32 Å². The fourth-order valence-electron chi connectivity index (χ4n) is 2.35. The molecule has 0 bridgehead atoms. The van der Waals surface area contributed by atoms with Crippen molar-refractivity contribution in [2.75, 3.05) is 0 Å². The number of carboxylic acid groups (broad SMARTS) is 1. The van der Waals surface area contributed by atoms with E-state index in [9.17, 15) is 9.59 Å². The van der Waals surface area contributed by atoms with Crippen LogP contribution in [0, 0.1) is 5.92 Å². The Bertz CT molecular complexity index is 710. The quantitative estimate of drug-likeness (QED) is 0.423. The Hall–Kier alpha value is -2.20. The van der Waals surface area contributed by atoms with Crippen LogP contribution in [0.25, 0.3) is 0 Å². The molecule has 0 aliphatic rings. The Labute approximate surface area is 169 Å². The molecule has 0 aliphatic heterocycles. The van der Waals surface area contributed by atoms with Gasteiger partial charge in [0.05, 0.1) is 4.88 Å². The summed E-state index contributed by atoms with van der Waals surface area (Å²) in [6.07, 6.45) is 0.922. The molecule has 0 saturated carbocycles. The van der Waals surface area contributed by atoms with Crippen LogP contribution in [0.2, 0.25) is 0 Å². The average Bonchev–Trinajstić information content (AvgIpc) is 3.16. The number of carboxylic acids is 1. The zero-order chi connectivity index (χ0) is 21.1. The van der Waals surface area contributed by atoms with Gasteiger partial charge >= 0.3 is 13.1 Å². The summed E-state index contributed by atoms with van der Waals surface area (Å²) in [4.78, 5) is 23.6. The highest BCUT2D eigenvalue weighted by molar-refractivity contribution is 7.12. The van der Waals surface area contributed by atoms with Gasteiger partial charge in [-0.1, -0.05) is 50.2 Å². The van der Waals surface area contributed by atoms with Crippen LogP contribution in [0.1, 0.15) is 35.5 Å². The van der Waals surface area contributed by atoms with Crippen molar-refractivity contribution in [3.8, 4) is 0 Å². The van der Waals surface area contributed by atoms with Crippen molar-refractivity contribution in [1.29, 1.82) is 0 Å². The summed E-state index contributed by atoms with van der Waals surface area (Å²) in [5, 5.41) is 30.5. The van der Waals surface area contributed by atoms with E-state index in [1.54, 1.807) is 17.5 Å². The van der Waals surface area contributed by atoms with Gasteiger partial charge in [-0.25, -0.2) is 4.79 Å². The number of aliphatic carboxylic acids is 1. The summed E-state index contributed by atoms with van der Waals surface area (Å²) in [5.74, 6) is -1.46. The van der Waals surface area contributed by atoms with Gasteiger partial charge in [0.25, 0.3) is 5.91 Å². The van der Waals surface area contributed by atoms with Crippen molar-refractivity contribution >= 4 is 30.3 Å². The molecule has 2 atom stereocenters. The van der Waals surface area contributed by atoms with E-state index in [4.69, 9.17) is 20.9 Å². The van der Waals surface area contributed by atoms with Gasteiger partial charge in [-0.2, -0.15) is 0 Å². The standard InChI is InChI=1S/C14H13NO3S.C5H14BNO2/c16-13(12-7-4-8-19-12)15-11(14(17)18)9-10-5-2-1-3-6-10;1-4(2)3-5(7)6(8)9/h1-8,11H,9H2,(H,15,16)(H,17,18);4-5,8-9H,3,7H2,1-2H3/t11-;5-/m00/s1. The van der Waals surface area contributed by atoms with E-state index in [1.807, 2.05) is 44.2 Å². The lowest BCUT2D eigenvalue weighted by atomic mass is 9.76. The van der Waals surface area contributed by atoms with Crippen LogP contribution in [-0.2, 0) is 11.2 Å². The Morgan fingerprint density at radius 1 is 1.14 bits per heavy atom. The molecule has 9 heteroatoms. The summed E-state index contributed by atoms with van der Waals surface area (Å²) in [6.45, 7) is 3.98. The number of carbonyl (C=O) groups excluding carboxylic acids is 1. The van der Waals surface area contributed by atoms with E-state index in [0.29, 0.717) is 17.2 Å². The van der Waals surface area contributed by atoms with Crippen molar-refractivity contribution < 1.29 is 24.7 Å². The smallest absolute Gasteiger partial charge is 0.469 e. The molecule has 0 radical (unpaired) electrons. The molecule has 1 amide bonds. The summed E-state index contributed by atoms with van der Waals surface area (Å²) in [6, 6.07) is 11.7. The molecular formula is C19H27BN2O5S. The maximum atomic E-state index is 11.8. The van der Waals surface area contributed by atoms with E-state index in [1.165, 1.54) is 11.3 Å². The molecule has 0 fully saturated rings. The monoisotopic (exact) mass is 406 g/mol. The predicted octanol–water partition coefficient (Wildman–Crippen LogP) is 1.55. The maximum Gasteiger partial charge on any atom is 0.469 e. The fourth-order valence-corrected chi connectivity index (χ4v) is 2.98. The Morgan fingerprint density at radius 2 is 1.79 bits per heavy atom. The Kier molecular flexibility index (Phi) is 10.5. The fraction of sp³-hybridized carbons (Fsp3) is 0.368. The maximum absolute atomic E-state index is 11.8. The molecule has 2 aromatic rings. The van der Waals surface area contributed by atoms with Gasteiger partial charge in [-0.05, 0) is 29.3 Å². The normalized spacial score (nSPS) is 12.5. The summed E-state index contributed by atoms with van der Waals surface area (Å²) in [5.41, 5.74) is 6.19. The lowest BCUT2D eigenvalue weighted by Gasteiger charge is -2.13. The predicted molar refractivity (Wildman–Crippen MR) is 111 cm³/mol. The van der Waals surface area contributed by atoms with Gasteiger partial charge in [-0.3, -0.25) is 4.79 Å². The highest BCUT2D eigenvalue weighted by atomic mass is 32.1. The number of nitrogens with two attached hydrogens (primary N) is 1. The zero-order valence-electron chi connectivity index (χ0n) is 16.0. The highest BCUT2D eigenvalue weighted by Gasteiger charge is 2.21. The Balaban J connectivity index is 0.000000370. The van der Waals surface area contributed by atoms with Gasteiger partial charge in [0.15, 0.2) is 0 Å². The minimum Gasteiger partial charge on any atom is -0.480 e. The van der Waals surface area contributed by atoms with Crippen molar-refractivity contribution in [2.45, 2.75) is 38.7 Å². The van der Waals surface area contributed by atoms with Crippen LogP contribution in [0.4, 0.5) is 0 Å². The first-order valence-corrected chi connectivity index (χ1v) is 9.81. The molecule has 0 aliphatic carbocycles. The van der Waals surface area contributed by atoms with Crippen molar-refractivity contribution in [3.05, 3.63) is 58.3 Å². The van der Waals surface area contributed by atoms with Gasteiger partial charge in [-0.15, -0.1) is 11.3 Å². The minimum atomic E-state index is -1.37. The third-order valence-corrected chi connectivity index (χ3v) is 4.63. The van der Waals surface area contributed by atoms with Crippen LogP contribution in [-0.4, -0.2) is 46.1 Å². The molecular weight excluding hydrogens is 379 g/mol. The molecule has 1 aromatic heterocycles. The number of carbonyl (C=O) groups is 2. The van der Waals surface area contributed by atoms with Gasteiger partial charge < -0.3 is 26.2 Å². The topological polar surface area (TPSA) is 133 Å². The van der Waals surface area contributed by atoms with Crippen LogP contribution < -0.4 is 11.1 Å².